The first-order valence-corrected chi connectivity index (χ1v) is 7.53. The zero-order valence-electron chi connectivity index (χ0n) is 12.1. The van der Waals surface area contributed by atoms with Gasteiger partial charge >= 0.3 is 0 Å². The van der Waals surface area contributed by atoms with E-state index in [1.54, 1.807) is 0 Å². The minimum atomic E-state index is 0.490. The molecule has 3 rings (SSSR count). The summed E-state index contributed by atoms with van der Waals surface area (Å²) in [5.41, 5.74) is 9.87. The number of nitrogens with two attached hydrogens (primary N) is 1. The zero-order chi connectivity index (χ0) is 14.5. The molecule has 0 heterocycles. The lowest BCUT2D eigenvalue weighted by Gasteiger charge is -2.24. The number of benzene rings is 2. The van der Waals surface area contributed by atoms with Gasteiger partial charge in [0.15, 0.2) is 5.96 Å². The third kappa shape index (κ3) is 3.43. The Bertz CT molecular complexity index is 619. The largest absolute Gasteiger partial charge is 0.370 e. The van der Waals surface area contributed by atoms with Crippen LogP contribution in [0.5, 0.6) is 0 Å². The fraction of sp³-hybridized carbons (Fsp3) is 0.278. The number of hydrogen-bond donors (Lipinski definition) is 2. The van der Waals surface area contributed by atoms with Gasteiger partial charge in [-0.1, -0.05) is 42.5 Å². The Hall–Kier alpha value is -2.29. The van der Waals surface area contributed by atoms with E-state index in [4.69, 9.17) is 5.73 Å². The average Bonchev–Trinajstić information content (AvgIpc) is 2.54. The van der Waals surface area contributed by atoms with E-state index in [2.05, 4.69) is 34.6 Å². The van der Waals surface area contributed by atoms with Crippen molar-refractivity contribution >= 4 is 11.6 Å². The van der Waals surface area contributed by atoms with E-state index < -0.39 is 0 Å². The fourth-order valence-corrected chi connectivity index (χ4v) is 2.96. The maximum Gasteiger partial charge on any atom is 0.193 e. The molecule has 2 aromatic rings. The highest BCUT2D eigenvalue weighted by molar-refractivity contribution is 5.92. The normalized spacial score (nSPS) is 18.1. The predicted octanol–water partition coefficient (Wildman–Crippen LogP) is 3.53. The van der Waals surface area contributed by atoms with Gasteiger partial charge in [0, 0.05) is 18.2 Å². The van der Waals surface area contributed by atoms with Crippen molar-refractivity contribution in [3.8, 4) is 0 Å². The highest BCUT2D eigenvalue weighted by Crippen LogP contribution is 2.31. The van der Waals surface area contributed by atoms with Crippen LogP contribution in [0.2, 0.25) is 0 Å². The minimum Gasteiger partial charge on any atom is -0.370 e. The Morgan fingerprint density at radius 1 is 1.10 bits per heavy atom. The highest BCUT2D eigenvalue weighted by Gasteiger charge is 2.19. The van der Waals surface area contributed by atoms with Crippen LogP contribution in [0.1, 0.15) is 29.9 Å². The topological polar surface area (TPSA) is 50.4 Å². The third-order valence-corrected chi connectivity index (χ3v) is 4.02. The molecule has 108 valence electrons. The van der Waals surface area contributed by atoms with Crippen LogP contribution in [0.4, 0.5) is 5.69 Å². The number of hydrogen-bond acceptors (Lipinski definition) is 1. The number of rotatable bonds is 3. The van der Waals surface area contributed by atoms with Crippen molar-refractivity contribution in [2.24, 2.45) is 10.7 Å². The van der Waals surface area contributed by atoms with Crippen LogP contribution in [0.15, 0.2) is 59.6 Å². The Balaban J connectivity index is 1.66. The lowest BCUT2D eigenvalue weighted by Crippen LogP contribution is -2.24. The highest BCUT2D eigenvalue weighted by atomic mass is 15.1. The number of anilines is 1. The zero-order valence-corrected chi connectivity index (χ0v) is 12.1. The molecule has 0 aliphatic heterocycles. The van der Waals surface area contributed by atoms with E-state index in [0.717, 1.165) is 12.2 Å². The molecule has 3 nitrogen and oxygen atoms in total. The summed E-state index contributed by atoms with van der Waals surface area (Å²) in [6, 6.07) is 18.6. The maximum absolute atomic E-state index is 5.98. The van der Waals surface area contributed by atoms with Crippen LogP contribution in [-0.2, 0) is 6.42 Å². The molecule has 1 aliphatic rings. The smallest absolute Gasteiger partial charge is 0.193 e. The standard InChI is InChI=1S/C18H21N3/c19-18(21-16-10-2-1-3-11-16)20-13-15-9-6-8-14-7-4-5-12-17(14)15/h1-5,7,10-12,15H,6,8-9,13H2,(H3,19,20,21). The molecule has 3 heteroatoms. The lowest BCUT2D eigenvalue weighted by atomic mass is 9.83. The fourth-order valence-electron chi connectivity index (χ4n) is 2.96. The second-order valence-corrected chi connectivity index (χ2v) is 5.50. The van der Waals surface area contributed by atoms with Crippen molar-refractivity contribution in [1.29, 1.82) is 0 Å². The number of nitrogens with zero attached hydrogens (tertiary/aromatic N) is 1. The van der Waals surface area contributed by atoms with Gasteiger partial charge in [0.1, 0.15) is 0 Å². The number of fused-ring (bicyclic) bond motifs is 1. The molecular formula is C18H21N3. The first-order valence-electron chi connectivity index (χ1n) is 7.53. The van der Waals surface area contributed by atoms with E-state index in [-0.39, 0.29) is 0 Å². The van der Waals surface area contributed by atoms with Crippen molar-refractivity contribution in [3.63, 3.8) is 0 Å². The van der Waals surface area contributed by atoms with Gasteiger partial charge in [0.25, 0.3) is 0 Å². The predicted molar refractivity (Wildman–Crippen MR) is 88.7 cm³/mol. The molecular weight excluding hydrogens is 258 g/mol. The van der Waals surface area contributed by atoms with Crippen molar-refractivity contribution in [2.45, 2.75) is 25.2 Å². The Labute approximate surface area is 125 Å². The molecule has 1 aliphatic carbocycles. The summed E-state index contributed by atoms with van der Waals surface area (Å²) in [6.07, 6.45) is 3.62. The first-order chi connectivity index (χ1) is 10.3. The van der Waals surface area contributed by atoms with E-state index >= 15 is 0 Å². The second kappa shape index (κ2) is 6.44. The van der Waals surface area contributed by atoms with Gasteiger partial charge in [0.2, 0.25) is 0 Å². The molecule has 0 saturated heterocycles. The van der Waals surface area contributed by atoms with Gasteiger partial charge in [-0.2, -0.15) is 0 Å². The lowest BCUT2D eigenvalue weighted by molar-refractivity contribution is 0.561. The average molecular weight is 279 g/mol. The van der Waals surface area contributed by atoms with Gasteiger partial charge in [-0.25, -0.2) is 0 Å². The molecule has 2 aromatic carbocycles. The molecule has 0 spiro atoms. The van der Waals surface area contributed by atoms with Crippen LogP contribution in [0.3, 0.4) is 0 Å². The monoisotopic (exact) mass is 279 g/mol. The maximum atomic E-state index is 5.98. The van der Waals surface area contributed by atoms with Crippen LogP contribution in [-0.4, -0.2) is 12.5 Å². The molecule has 0 amide bonds. The first kappa shape index (κ1) is 13.7. The summed E-state index contributed by atoms with van der Waals surface area (Å²) in [5, 5.41) is 3.13. The van der Waals surface area contributed by atoms with Crippen LogP contribution in [0.25, 0.3) is 0 Å². The quantitative estimate of drug-likeness (QED) is 0.667. The van der Waals surface area contributed by atoms with Crippen molar-refractivity contribution in [3.05, 3.63) is 65.7 Å². The summed E-state index contributed by atoms with van der Waals surface area (Å²) in [7, 11) is 0. The Kier molecular flexibility index (Phi) is 4.20. The number of guanidine groups is 1. The van der Waals surface area contributed by atoms with Crippen molar-refractivity contribution in [1.82, 2.24) is 0 Å². The van der Waals surface area contributed by atoms with Gasteiger partial charge in [-0.3, -0.25) is 4.99 Å². The second-order valence-electron chi connectivity index (χ2n) is 5.50. The van der Waals surface area contributed by atoms with Gasteiger partial charge in [-0.15, -0.1) is 0 Å². The Morgan fingerprint density at radius 3 is 2.71 bits per heavy atom. The summed E-state index contributed by atoms with van der Waals surface area (Å²) >= 11 is 0. The van der Waals surface area contributed by atoms with Gasteiger partial charge in [-0.05, 0) is 42.5 Å². The van der Waals surface area contributed by atoms with E-state index in [9.17, 15) is 0 Å². The number of para-hydroxylation sites is 1. The van der Waals surface area contributed by atoms with Gasteiger partial charge < -0.3 is 11.1 Å². The molecule has 0 saturated carbocycles. The van der Waals surface area contributed by atoms with Crippen molar-refractivity contribution in [2.75, 3.05) is 11.9 Å². The Morgan fingerprint density at radius 2 is 1.86 bits per heavy atom. The molecule has 1 atom stereocenters. The molecule has 0 aromatic heterocycles. The van der Waals surface area contributed by atoms with E-state index in [1.807, 2.05) is 30.3 Å². The molecule has 0 fully saturated rings. The molecule has 0 bridgehead atoms. The van der Waals surface area contributed by atoms with Crippen LogP contribution < -0.4 is 11.1 Å². The number of aliphatic imine (C=N–C) groups is 1. The van der Waals surface area contributed by atoms with Gasteiger partial charge in [0.05, 0.1) is 0 Å². The summed E-state index contributed by atoms with van der Waals surface area (Å²) < 4.78 is 0. The van der Waals surface area contributed by atoms with E-state index in [0.29, 0.717) is 11.9 Å². The molecule has 1 unspecified atom stereocenters. The van der Waals surface area contributed by atoms with E-state index in [1.165, 1.54) is 30.4 Å². The molecule has 3 N–H and O–H groups in total. The number of nitrogens with one attached hydrogen (secondary N) is 1. The summed E-state index contributed by atoms with van der Waals surface area (Å²) in [5.74, 6) is 0.982. The van der Waals surface area contributed by atoms with Crippen molar-refractivity contribution < 1.29 is 0 Å². The minimum absolute atomic E-state index is 0.490. The number of aryl methyl sites for hydroxylation is 1. The van der Waals surface area contributed by atoms with Crippen LogP contribution in [0, 0.1) is 0 Å². The summed E-state index contributed by atoms with van der Waals surface area (Å²) in [4.78, 5) is 4.53. The summed E-state index contributed by atoms with van der Waals surface area (Å²) in [6.45, 7) is 0.753. The van der Waals surface area contributed by atoms with Crippen LogP contribution >= 0.6 is 0 Å². The molecule has 0 radical (unpaired) electrons. The SMILES string of the molecule is NC(=NCC1CCCc2ccccc21)Nc1ccccc1. The third-order valence-electron chi connectivity index (χ3n) is 4.02. The molecule has 21 heavy (non-hydrogen) atoms.